The maximum atomic E-state index is 11.2. The number of amides is 2. The van der Waals surface area contributed by atoms with Crippen molar-refractivity contribution >= 4 is 29.3 Å². The minimum absolute atomic E-state index is 0.0938. The first-order valence-electron chi connectivity index (χ1n) is 5.54. The summed E-state index contributed by atoms with van der Waals surface area (Å²) >= 11 is 1.57. The van der Waals surface area contributed by atoms with Crippen LogP contribution in [0, 0.1) is 5.92 Å². The summed E-state index contributed by atoms with van der Waals surface area (Å²) in [5, 5.41) is 2.70. The molecule has 0 bridgehead atoms. The van der Waals surface area contributed by atoms with E-state index in [0.717, 1.165) is 10.6 Å². The van der Waals surface area contributed by atoms with Crippen LogP contribution in [0.4, 0.5) is 5.69 Å². The lowest BCUT2D eigenvalue weighted by atomic mass is 10.2. The summed E-state index contributed by atoms with van der Waals surface area (Å²) in [6.45, 7) is 3.29. The molecule has 0 aromatic heterocycles. The van der Waals surface area contributed by atoms with E-state index >= 15 is 0 Å². The van der Waals surface area contributed by atoms with Crippen molar-refractivity contribution in [2.75, 3.05) is 11.1 Å². The van der Waals surface area contributed by atoms with Crippen LogP contribution >= 0.6 is 11.8 Å². The number of carbonyl (C=O) groups is 2. The first-order chi connectivity index (χ1) is 8.52. The van der Waals surface area contributed by atoms with E-state index in [-0.39, 0.29) is 17.7 Å². The van der Waals surface area contributed by atoms with Gasteiger partial charge in [-0.3, -0.25) is 15.0 Å². The Hall–Kier alpha value is -1.53. The lowest BCUT2D eigenvalue weighted by Gasteiger charge is -2.09. The molecule has 2 amide bonds. The van der Waals surface area contributed by atoms with Crippen molar-refractivity contribution < 1.29 is 9.59 Å². The van der Waals surface area contributed by atoms with Crippen molar-refractivity contribution in [3.63, 3.8) is 0 Å². The number of rotatable bonds is 5. The summed E-state index contributed by atoms with van der Waals surface area (Å²) in [6, 6.07) is 7.47. The Morgan fingerprint density at radius 1 is 1.33 bits per heavy atom. The highest BCUT2D eigenvalue weighted by Gasteiger charge is 2.11. The molecule has 1 rings (SSSR count). The molecular weight excluding hydrogens is 250 g/mol. The van der Waals surface area contributed by atoms with E-state index in [0.29, 0.717) is 5.75 Å². The number of hydrogen-bond donors (Lipinski definition) is 3. The number of hydrazine groups is 1. The van der Waals surface area contributed by atoms with E-state index < -0.39 is 0 Å². The monoisotopic (exact) mass is 267 g/mol. The lowest BCUT2D eigenvalue weighted by Crippen LogP contribution is -2.35. The summed E-state index contributed by atoms with van der Waals surface area (Å²) < 4.78 is 0. The molecule has 1 aromatic carbocycles. The Labute approximate surface area is 110 Å². The van der Waals surface area contributed by atoms with Gasteiger partial charge < -0.3 is 5.32 Å². The molecular formula is C12H17N3O2S. The number of benzene rings is 1. The fourth-order valence-corrected chi connectivity index (χ4v) is 2.20. The Morgan fingerprint density at radius 3 is 2.44 bits per heavy atom. The number of nitrogens with one attached hydrogen (secondary N) is 2. The van der Waals surface area contributed by atoms with Crippen LogP contribution in [-0.2, 0) is 9.59 Å². The zero-order valence-corrected chi connectivity index (χ0v) is 11.2. The molecule has 0 aliphatic rings. The first kappa shape index (κ1) is 14.5. The molecule has 1 unspecified atom stereocenters. The standard InChI is InChI=1S/C12H17N3O2S/c1-8(12(17)15-13)7-18-11-5-3-10(4-6-11)14-9(2)16/h3-6,8H,7,13H2,1-2H3,(H,14,16)(H,15,17). The predicted molar refractivity (Wildman–Crippen MR) is 73.0 cm³/mol. The Balaban J connectivity index is 2.48. The second kappa shape index (κ2) is 7.03. The van der Waals surface area contributed by atoms with Gasteiger partial charge in [-0.1, -0.05) is 6.92 Å². The van der Waals surface area contributed by atoms with Gasteiger partial charge in [0.2, 0.25) is 11.8 Å². The van der Waals surface area contributed by atoms with Gasteiger partial charge in [-0.15, -0.1) is 11.8 Å². The van der Waals surface area contributed by atoms with Gasteiger partial charge in [0, 0.05) is 29.2 Å². The number of anilines is 1. The highest BCUT2D eigenvalue weighted by atomic mass is 32.2. The molecule has 0 saturated heterocycles. The molecule has 0 aliphatic carbocycles. The molecule has 0 spiro atoms. The molecule has 0 saturated carbocycles. The third-order valence-corrected chi connectivity index (χ3v) is 3.54. The third kappa shape index (κ3) is 4.77. The molecule has 18 heavy (non-hydrogen) atoms. The molecule has 0 fully saturated rings. The Kier molecular flexibility index (Phi) is 5.67. The van der Waals surface area contributed by atoms with E-state index in [1.54, 1.807) is 11.8 Å². The second-order valence-electron chi connectivity index (χ2n) is 3.93. The van der Waals surface area contributed by atoms with Crippen molar-refractivity contribution in [2.45, 2.75) is 18.7 Å². The molecule has 6 heteroatoms. The third-order valence-electron chi connectivity index (χ3n) is 2.26. The molecule has 0 aliphatic heterocycles. The maximum Gasteiger partial charge on any atom is 0.237 e. The minimum atomic E-state index is -0.169. The minimum Gasteiger partial charge on any atom is -0.326 e. The summed E-state index contributed by atoms with van der Waals surface area (Å²) in [5.74, 6) is 5.31. The van der Waals surface area contributed by atoms with Crippen LogP contribution in [0.25, 0.3) is 0 Å². The molecule has 0 heterocycles. The topological polar surface area (TPSA) is 84.2 Å². The number of hydrogen-bond acceptors (Lipinski definition) is 4. The highest BCUT2D eigenvalue weighted by molar-refractivity contribution is 7.99. The van der Waals surface area contributed by atoms with Crippen LogP contribution in [0.5, 0.6) is 0 Å². The fourth-order valence-electron chi connectivity index (χ4n) is 1.28. The SMILES string of the molecule is CC(=O)Nc1ccc(SCC(C)C(=O)NN)cc1. The van der Waals surface area contributed by atoms with Crippen molar-refractivity contribution in [1.82, 2.24) is 5.43 Å². The smallest absolute Gasteiger partial charge is 0.237 e. The molecule has 1 atom stereocenters. The number of thioether (sulfide) groups is 1. The Bertz CT molecular complexity index is 420. The van der Waals surface area contributed by atoms with Crippen LogP contribution in [-0.4, -0.2) is 17.6 Å². The van der Waals surface area contributed by atoms with Crippen LogP contribution < -0.4 is 16.6 Å². The molecule has 0 radical (unpaired) electrons. The molecule has 98 valence electrons. The van der Waals surface area contributed by atoms with Gasteiger partial charge in [0.05, 0.1) is 0 Å². The number of carbonyl (C=O) groups excluding carboxylic acids is 2. The van der Waals surface area contributed by atoms with Crippen molar-refractivity contribution in [3.8, 4) is 0 Å². The van der Waals surface area contributed by atoms with Crippen molar-refractivity contribution in [2.24, 2.45) is 11.8 Å². The first-order valence-corrected chi connectivity index (χ1v) is 6.52. The Morgan fingerprint density at radius 2 is 1.94 bits per heavy atom. The van der Waals surface area contributed by atoms with Crippen LogP contribution in [0.2, 0.25) is 0 Å². The maximum absolute atomic E-state index is 11.2. The zero-order valence-electron chi connectivity index (χ0n) is 10.4. The summed E-state index contributed by atoms with van der Waals surface area (Å²) in [7, 11) is 0. The van der Waals surface area contributed by atoms with Gasteiger partial charge in [0.1, 0.15) is 0 Å². The normalized spacial score (nSPS) is 11.7. The number of nitrogens with two attached hydrogens (primary N) is 1. The van der Waals surface area contributed by atoms with Crippen LogP contribution in [0.15, 0.2) is 29.2 Å². The van der Waals surface area contributed by atoms with Gasteiger partial charge in [0.25, 0.3) is 0 Å². The van der Waals surface area contributed by atoms with Crippen molar-refractivity contribution in [3.05, 3.63) is 24.3 Å². The van der Waals surface area contributed by atoms with Gasteiger partial charge in [-0.2, -0.15) is 0 Å². The summed E-state index contributed by atoms with van der Waals surface area (Å²) in [6.07, 6.45) is 0. The molecule has 4 N–H and O–H groups in total. The van der Waals surface area contributed by atoms with Gasteiger partial charge in [-0.25, -0.2) is 5.84 Å². The second-order valence-corrected chi connectivity index (χ2v) is 5.02. The summed E-state index contributed by atoms with van der Waals surface area (Å²) in [5.41, 5.74) is 2.90. The lowest BCUT2D eigenvalue weighted by molar-refractivity contribution is -0.123. The van der Waals surface area contributed by atoms with Crippen LogP contribution in [0.3, 0.4) is 0 Å². The highest BCUT2D eigenvalue weighted by Crippen LogP contribution is 2.22. The average molecular weight is 267 g/mol. The average Bonchev–Trinajstić information content (AvgIpc) is 2.36. The zero-order chi connectivity index (χ0) is 13.5. The van der Waals surface area contributed by atoms with E-state index in [9.17, 15) is 9.59 Å². The largest absolute Gasteiger partial charge is 0.326 e. The van der Waals surface area contributed by atoms with E-state index in [4.69, 9.17) is 5.84 Å². The molecule has 5 nitrogen and oxygen atoms in total. The molecule has 1 aromatic rings. The van der Waals surface area contributed by atoms with Gasteiger partial charge in [0.15, 0.2) is 0 Å². The summed E-state index contributed by atoms with van der Waals surface area (Å²) in [4.78, 5) is 23.1. The van der Waals surface area contributed by atoms with Gasteiger partial charge in [-0.05, 0) is 24.3 Å². The van der Waals surface area contributed by atoms with Gasteiger partial charge >= 0.3 is 0 Å². The van der Waals surface area contributed by atoms with E-state index in [2.05, 4.69) is 10.7 Å². The predicted octanol–water partition coefficient (Wildman–Crippen LogP) is 1.36. The van der Waals surface area contributed by atoms with Crippen molar-refractivity contribution in [1.29, 1.82) is 0 Å². The quantitative estimate of drug-likeness (QED) is 0.325. The fraction of sp³-hybridized carbons (Fsp3) is 0.333. The van der Waals surface area contributed by atoms with Crippen LogP contribution in [0.1, 0.15) is 13.8 Å². The van der Waals surface area contributed by atoms with E-state index in [1.165, 1.54) is 6.92 Å². The van der Waals surface area contributed by atoms with E-state index in [1.807, 2.05) is 31.2 Å².